The number of amides is 2. The van der Waals surface area contributed by atoms with Crippen LogP contribution < -0.4 is 5.01 Å². The van der Waals surface area contributed by atoms with Gasteiger partial charge in [0.25, 0.3) is 5.69 Å². The lowest BCUT2D eigenvalue weighted by Crippen LogP contribution is -2.47. The Balaban J connectivity index is 1.46. The largest absolute Gasteiger partial charge is 0.280 e. The molecule has 9 nitrogen and oxygen atoms in total. The van der Waals surface area contributed by atoms with E-state index in [1.807, 2.05) is 13.8 Å². The zero-order valence-electron chi connectivity index (χ0n) is 14.9. The van der Waals surface area contributed by atoms with Crippen molar-refractivity contribution < 1.29 is 14.5 Å². The lowest BCUT2D eigenvalue weighted by molar-refractivity contribution is -0.384. The second-order valence-electron chi connectivity index (χ2n) is 8.06. The van der Waals surface area contributed by atoms with Crippen molar-refractivity contribution in [2.75, 3.05) is 5.01 Å². The molecule has 1 saturated heterocycles. The summed E-state index contributed by atoms with van der Waals surface area (Å²) < 4.78 is 0. The Hall–Kier alpha value is -2.84. The SMILES string of the molecule is CC(C)N1C(=O)[C@@H]2[C@H]3C[C@@H]([C@@H]2C1=O)[C@H]1[C@H]3N=NN1c1ccc([N+](=O)[O-])cc1. The summed E-state index contributed by atoms with van der Waals surface area (Å²) in [5, 5.41) is 21.4. The van der Waals surface area contributed by atoms with Crippen molar-refractivity contribution in [3.05, 3.63) is 34.4 Å². The van der Waals surface area contributed by atoms with E-state index in [0.29, 0.717) is 0 Å². The van der Waals surface area contributed by atoms with Crippen molar-refractivity contribution in [1.29, 1.82) is 0 Å². The number of rotatable bonds is 3. The van der Waals surface area contributed by atoms with Gasteiger partial charge in [-0.3, -0.25) is 24.6 Å². The fourth-order valence-electron chi connectivity index (χ4n) is 5.57. The molecule has 0 N–H and O–H groups in total. The Morgan fingerprint density at radius 3 is 2.33 bits per heavy atom. The molecule has 4 aliphatic rings. The highest BCUT2D eigenvalue weighted by Gasteiger charge is 2.70. The van der Waals surface area contributed by atoms with Gasteiger partial charge in [-0.25, -0.2) is 5.01 Å². The van der Waals surface area contributed by atoms with E-state index in [9.17, 15) is 19.7 Å². The van der Waals surface area contributed by atoms with Crippen LogP contribution in [-0.2, 0) is 9.59 Å². The molecule has 6 atom stereocenters. The van der Waals surface area contributed by atoms with Crippen LogP contribution in [0.25, 0.3) is 0 Å². The van der Waals surface area contributed by atoms with Crippen molar-refractivity contribution in [3.63, 3.8) is 0 Å². The summed E-state index contributed by atoms with van der Waals surface area (Å²) in [7, 11) is 0. The monoisotopic (exact) mass is 369 g/mol. The normalized spacial score (nSPS) is 36.1. The first-order valence-corrected chi connectivity index (χ1v) is 9.21. The first-order valence-electron chi connectivity index (χ1n) is 9.21. The number of hydrogen-bond donors (Lipinski definition) is 0. The first-order chi connectivity index (χ1) is 12.9. The number of nitro groups is 1. The minimum Gasteiger partial charge on any atom is -0.280 e. The van der Waals surface area contributed by atoms with Crippen LogP contribution in [0.3, 0.4) is 0 Å². The maximum atomic E-state index is 12.9. The third kappa shape index (κ3) is 1.99. The van der Waals surface area contributed by atoms with Crippen LogP contribution in [-0.4, -0.2) is 39.8 Å². The average Bonchev–Trinajstić information content (AvgIpc) is 3.35. The summed E-state index contributed by atoms with van der Waals surface area (Å²) in [6.07, 6.45) is 0.802. The molecule has 2 heterocycles. The van der Waals surface area contributed by atoms with Gasteiger partial charge < -0.3 is 0 Å². The van der Waals surface area contributed by atoms with Gasteiger partial charge in [-0.1, -0.05) is 5.22 Å². The van der Waals surface area contributed by atoms with Gasteiger partial charge in [0, 0.05) is 18.2 Å². The maximum Gasteiger partial charge on any atom is 0.269 e. The molecule has 0 spiro atoms. The van der Waals surface area contributed by atoms with E-state index in [4.69, 9.17) is 0 Å². The maximum absolute atomic E-state index is 12.9. The van der Waals surface area contributed by atoms with Crippen LogP contribution in [0.2, 0.25) is 0 Å². The predicted octanol–water partition coefficient (Wildman–Crippen LogP) is 2.18. The van der Waals surface area contributed by atoms with Crippen LogP contribution in [0.1, 0.15) is 20.3 Å². The molecule has 2 saturated carbocycles. The lowest BCUT2D eigenvalue weighted by atomic mass is 9.76. The van der Waals surface area contributed by atoms with Crippen molar-refractivity contribution in [1.82, 2.24) is 4.90 Å². The molecular formula is C18H19N5O4. The van der Waals surface area contributed by atoms with E-state index >= 15 is 0 Å². The van der Waals surface area contributed by atoms with Gasteiger partial charge in [0.2, 0.25) is 11.8 Å². The molecule has 9 heteroatoms. The van der Waals surface area contributed by atoms with Crippen LogP contribution in [0.4, 0.5) is 11.4 Å². The number of hydrogen-bond acceptors (Lipinski definition) is 7. The van der Waals surface area contributed by atoms with Crippen molar-refractivity contribution >= 4 is 23.2 Å². The molecule has 0 unspecified atom stereocenters. The zero-order chi connectivity index (χ0) is 19.0. The van der Waals surface area contributed by atoms with E-state index in [-0.39, 0.29) is 59.3 Å². The Labute approximate surface area is 155 Å². The van der Waals surface area contributed by atoms with E-state index in [2.05, 4.69) is 10.3 Å². The van der Waals surface area contributed by atoms with Gasteiger partial charge in [0.15, 0.2) is 0 Å². The highest BCUT2D eigenvalue weighted by molar-refractivity contribution is 6.06. The number of nitro benzene ring substituents is 1. The van der Waals surface area contributed by atoms with Gasteiger partial charge in [0.1, 0.15) is 0 Å². The third-order valence-electron chi connectivity index (χ3n) is 6.53. The number of nitrogens with zero attached hydrogens (tertiary/aromatic N) is 5. The van der Waals surface area contributed by atoms with Crippen LogP contribution in [0.15, 0.2) is 34.6 Å². The molecule has 27 heavy (non-hydrogen) atoms. The Morgan fingerprint density at radius 1 is 1.11 bits per heavy atom. The number of benzene rings is 1. The topological polar surface area (TPSA) is 108 Å². The molecule has 5 rings (SSSR count). The molecule has 2 amide bonds. The second kappa shape index (κ2) is 5.34. The fraction of sp³-hybridized carbons (Fsp3) is 0.556. The Bertz CT molecular complexity index is 882. The summed E-state index contributed by atoms with van der Waals surface area (Å²) >= 11 is 0. The number of imide groups is 1. The number of carbonyl (C=O) groups is 2. The smallest absolute Gasteiger partial charge is 0.269 e. The quantitative estimate of drug-likeness (QED) is 0.461. The molecule has 3 fully saturated rings. The number of fused-ring (bicyclic) bond motifs is 8. The Morgan fingerprint density at radius 2 is 1.74 bits per heavy atom. The number of non-ortho nitro benzene ring substituents is 1. The van der Waals surface area contributed by atoms with Crippen LogP contribution >= 0.6 is 0 Å². The highest BCUT2D eigenvalue weighted by Crippen LogP contribution is 2.60. The second-order valence-corrected chi connectivity index (χ2v) is 8.06. The highest BCUT2D eigenvalue weighted by atomic mass is 16.6. The van der Waals surface area contributed by atoms with Crippen molar-refractivity contribution in [2.24, 2.45) is 34.0 Å². The van der Waals surface area contributed by atoms with Gasteiger partial charge >= 0.3 is 0 Å². The Kier molecular flexibility index (Phi) is 3.23. The number of anilines is 1. The van der Waals surface area contributed by atoms with Gasteiger partial charge in [-0.15, -0.1) is 0 Å². The van der Waals surface area contributed by atoms with Crippen LogP contribution in [0, 0.1) is 33.8 Å². The zero-order valence-corrected chi connectivity index (χ0v) is 14.9. The molecule has 140 valence electrons. The summed E-state index contributed by atoms with van der Waals surface area (Å²) in [4.78, 5) is 37.6. The standard InChI is InChI=1S/C18H19N5O4/c1-8(2)21-17(24)13-11-7-12(14(13)18(21)25)16-15(11)19-20-22(16)9-3-5-10(6-4-9)23(26)27/h3-6,8,11-16H,7H2,1-2H3/t11-,12+,13-,14+,15+,16+/m1/s1. The summed E-state index contributed by atoms with van der Waals surface area (Å²) in [6.45, 7) is 3.73. The minimum absolute atomic E-state index is 0.0172. The van der Waals surface area contributed by atoms with E-state index in [1.165, 1.54) is 17.0 Å². The molecule has 2 aliphatic carbocycles. The fourth-order valence-corrected chi connectivity index (χ4v) is 5.57. The molecule has 1 aromatic rings. The average molecular weight is 369 g/mol. The van der Waals surface area contributed by atoms with E-state index < -0.39 is 4.92 Å². The third-order valence-corrected chi connectivity index (χ3v) is 6.53. The summed E-state index contributed by atoms with van der Waals surface area (Å²) in [5.41, 5.74) is 0.738. The minimum atomic E-state index is -0.441. The van der Waals surface area contributed by atoms with Crippen molar-refractivity contribution in [3.8, 4) is 0 Å². The van der Waals surface area contributed by atoms with Gasteiger partial charge in [-0.05, 0) is 44.2 Å². The molecular weight excluding hydrogens is 350 g/mol. The molecule has 1 aromatic carbocycles. The molecule has 0 aromatic heterocycles. The van der Waals surface area contributed by atoms with Gasteiger partial charge in [-0.2, -0.15) is 5.11 Å². The molecule has 2 aliphatic heterocycles. The molecule has 2 bridgehead atoms. The van der Waals surface area contributed by atoms with E-state index in [1.54, 1.807) is 17.1 Å². The van der Waals surface area contributed by atoms with Gasteiger partial charge in [0.05, 0.1) is 34.5 Å². The number of likely N-dealkylation sites (tertiary alicyclic amines) is 1. The van der Waals surface area contributed by atoms with Crippen LogP contribution in [0.5, 0.6) is 0 Å². The summed E-state index contributed by atoms with van der Waals surface area (Å²) in [5.74, 6) is -0.638. The molecule has 0 radical (unpaired) electrons. The lowest BCUT2D eigenvalue weighted by Gasteiger charge is -2.33. The predicted molar refractivity (Wildman–Crippen MR) is 93.6 cm³/mol. The summed E-state index contributed by atoms with van der Waals surface area (Å²) in [6, 6.07) is 5.90. The number of carbonyl (C=O) groups excluding carboxylic acids is 2. The van der Waals surface area contributed by atoms with Crippen molar-refractivity contribution in [2.45, 2.75) is 38.4 Å². The first kappa shape index (κ1) is 16.3. The van der Waals surface area contributed by atoms with E-state index in [0.717, 1.165) is 12.1 Å².